The van der Waals surface area contributed by atoms with Crippen LogP contribution in [0.2, 0.25) is 0 Å². The first-order valence-corrected chi connectivity index (χ1v) is 3.71. The molecule has 0 fully saturated rings. The SMILES string of the molecule is CCNC(=O)On1c(O)ccc1O. The molecule has 0 aromatic carbocycles. The van der Waals surface area contributed by atoms with E-state index in [9.17, 15) is 4.79 Å². The molecule has 1 rings (SSSR count). The Morgan fingerprint density at radius 3 is 2.54 bits per heavy atom. The van der Waals surface area contributed by atoms with E-state index in [4.69, 9.17) is 10.2 Å². The zero-order valence-corrected chi connectivity index (χ0v) is 7.02. The zero-order chi connectivity index (χ0) is 9.84. The minimum Gasteiger partial charge on any atom is -0.492 e. The maximum absolute atomic E-state index is 10.8. The van der Waals surface area contributed by atoms with Gasteiger partial charge in [0.05, 0.1) is 0 Å². The highest BCUT2D eigenvalue weighted by Gasteiger charge is 2.10. The number of carbonyl (C=O) groups excluding carboxylic acids is 1. The van der Waals surface area contributed by atoms with Crippen LogP contribution in [0.5, 0.6) is 11.8 Å². The third-order valence-corrected chi connectivity index (χ3v) is 1.29. The summed E-state index contributed by atoms with van der Waals surface area (Å²) in [4.78, 5) is 15.4. The van der Waals surface area contributed by atoms with E-state index in [1.54, 1.807) is 6.92 Å². The molecule has 0 saturated heterocycles. The van der Waals surface area contributed by atoms with E-state index in [1.165, 1.54) is 12.1 Å². The van der Waals surface area contributed by atoms with Gasteiger partial charge in [-0.25, -0.2) is 4.79 Å². The highest BCUT2D eigenvalue weighted by molar-refractivity contribution is 5.67. The normalized spacial score (nSPS) is 9.62. The summed E-state index contributed by atoms with van der Waals surface area (Å²) in [5.74, 6) is -0.687. The second-order valence-electron chi connectivity index (χ2n) is 2.25. The highest BCUT2D eigenvalue weighted by Crippen LogP contribution is 2.18. The molecule has 1 amide bonds. The van der Waals surface area contributed by atoms with Gasteiger partial charge in [-0.05, 0) is 6.92 Å². The van der Waals surface area contributed by atoms with Crippen LogP contribution in [0.4, 0.5) is 4.79 Å². The van der Waals surface area contributed by atoms with Crippen LogP contribution in [0, 0.1) is 0 Å². The van der Waals surface area contributed by atoms with E-state index in [2.05, 4.69) is 10.2 Å². The molecule has 13 heavy (non-hydrogen) atoms. The Morgan fingerprint density at radius 1 is 1.54 bits per heavy atom. The second-order valence-corrected chi connectivity index (χ2v) is 2.25. The lowest BCUT2D eigenvalue weighted by atomic mass is 10.6. The van der Waals surface area contributed by atoms with Gasteiger partial charge in [-0.2, -0.15) is 0 Å². The number of aromatic nitrogens is 1. The number of aromatic hydroxyl groups is 2. The van der Waals surface area contributed by atoms with Crippen molar-refractivity contribution in [3.05, 3.63) is 12.1 Å². The van der Waals surface area contributed by atoms with E-state index in [0.717, 1.165) is 0 Å². The quantitative estimate of drug-likeness (QED) is 0.609. The number of hydrogen-bond donors (Lipinski definition) is 3. The first-order valence-electron chi connectivity index (χ1n) is 3.71. The molecule has 0 spiro atoms. The van der Waals surface area contributed by atoms with Gasteiger partial charge in [-0.15, -0.1) is 4.73 Å². The lowest BCUT2D eigenvalue weighted by Gasteiger charge is -2.06. The van der Waals surface area contributed by atoms with Gasteiger partial charge in [0.2, 0.25) is 11.8 Å². The van der Waals surface area contributed by atoms with Crippen molar-refractivity contribution in [3.63, 3.8) is 0 Å². The monoisotopic (exact) mass is 186 g/mol. The predicted molar refractivity (Wildman–Crippen MR) is 43.4 cm³/mol. The second kappa shape index (κ2) is 3.70. The Kier molecular flexibility index (Phi) is 2.63. The average Bonchev–Trinajstić information content (AvgIpc) is 2.36. The Labute approximate surface area is 74.3 Å². The smallest absolute Gasteiger partial charge is 0.432 e. The number of nitrogens with one attached hydrogen (secondary N) is 1. The Morgan fingerprint density at radius 2 is 2.08 bits per heavy atom. The summed E-state index contributed by atoms with van der Waals surface area (Å²) >= 11 is 0. The van der Waals surface area contributed by atoms with Gasteiger partial charge in [0.1, 0.15) is 0 Å². The van der Waals surface area contributed by atoms with Crippen LogP contribution in [0.3, 0.4) is 0 Å². The molecule has 0 aliphatic rings. The summed E-state index contributed by atoms with van der Waals surface area (Å²) in [7, 11) is 0. The largest absolute Gasteiger partial charge is 0.492 e. The molecule has 6 heteroatoms. The molecule has 0 bridgehead atoms. The Balaban J connectivity index is 2.68. The number of hydrogen-bond acceptors (Lipinski definition) is 4. The molecule has 0 aliphatic carbocycles. The fourth-order valence-corrected chi connectivity index (χ4v) is 0.755. The highest BCUT2D eigenvalue weighted by atomic mass is 16.7. The molecule has 3 N–H and O–H groups in total. The molecule has 6 nitrogen and oxygen atoms in total. The first kappa shape index (κ1) is 9.24. The number of amides is 1. The van der Waals surface area contributed by atoms with Crippen LogP contribution >= 0.6 is 0 Å². The van der Waals surface area contributed by atoms with Crippen LogP contribution in [-0.2, 0) is 0 Å². The van der Waals surface area contributed by atoms with Crippen LogP contribution in [0.15, 0.2) is 12.1 Å². The fraction of sp³-hybridized carbons (Fsp3) is 0.286. The molecule has 1 heterocycles. The van der Waals surface area contributed by atoms with Gasteiger partial charge < -0.3 is 20.4 Å². The standard InChI is InChI=1S/C7H10N2O4/c1-2-8-7(12)13-9-5(10)3-4-6(9)11/h3-4,10-11H,2H2,1H3,(H,8,12). The third kappa shape index (κ3) is 2.05. The van der Waals surface area contributed by atoms with E-state index < -0.39 is 6.09 Å². The van der Waals surface area contributed by atoms with Gasteiger partial charge in [0.25, 0.3) is 0 Å². The molecular formula is C7H10N2O4. The maximum Gasteiger partial charge on any atom is 0.432 e. The molecular weight excluding hydrogens is 176 g/mol. The first-order chi connectivity index (χ1) is 6.15. The Bertz CT molecular complexity index is 288. The maximum atomic E-state index is 10.8. The molecule has 1 aromatic heterocycles. The molecule has 0 aliphatic heterocycles. The van der Waals surface area contributed by atoms with Crippen molar-refractivity contribution >= 4 is 6.09 Å². The molecule has 1 aromatic rings. The van der Waals surface area contributed by atoms with Crippen molar-refractivity contribution in [1.82, 2.24) is 10.0 Å². The lowest BCUT2D eigenvalue weighted by molar-refractivity contribution is 0.109. The van der Waals surface area contributed by atoms with Crippen molar-refractivity contribution < 1.29 is 19.8 Å². The van der Waals surface area contributed by atoms with Gasteiger partial charge in [-0.1, -0.05) is 0 Å². The summed E-state index contributed by atoms with van der Waals surface area (Å²) in [5, 5.41) is 20.4. The molecule has 0 radical (unpaired) electrons. The van der Waals surface area contributed by atoms with E-state index in [0.29, 0.717) is 11.3 Å². The summed E-state index contributed by atoms with van der Waals surface area (Å²) < 4.78 is 0.616. The van der Waals surface area contributed by atoms with Crippen LogP contribution in [-0.4, -0.2) is 27.6 Å². The molecule has 0 atom stereocenters. The van der Waals surface area contributed by atoms with Crippen molar-refractivity contribution in [1.29, 1.82) is 0 Å². The van der Waals surface area contributed by atoms with E-state index in [-0.39, 0.29) is 11.8 Å². The van der Waals surface area contributed by atoms with Crippen molar-refractivity contribution in [2.75, 3.05) is 6.54 Å². The Hall–Kier alpha value is -1.85. The van der Waals surface area contributed by atoms with Crippen LogP contribution in [0.1, 0.15) is 6.92 Å². The third-order valence-electron chi connectivity index (χ3n) is 1.29. The lowest BCUT2D eigenvalue weighted by Crippen LogP contribution is -2.31. The summed E-state index contributed by atoms with van der Waals surface area (Å²) in [6, 6.07) is 2.41. The van der Waals surface area contributed by atoms with Crippen LogP contribution in [0.25, 0.3) is 0 Å². The number of rotatable bonds is 2. The topological polar surface area (TPSA) is 83.7 Å². The fourth-order valence-electron chi connectivity index (χ4n) is 0.755. The molecule has 72 valence electrons. The van der Waals surface area contributed by atoms with E-state index >= 15 is 0 Å². The van der Waals surface area contributed by atoms with Crippen LogP contribution < -0.4 is 10.2 Å². The summed E-state index contributed by atoms with van der Waals surface area (Å²) in [6.45, 7) is 2.12. The van der Waals surface area contributed by atoms with Gasteiger partial charge in [-0.3, -0.25) is 0 Å². The number of carbonyl (C=O) groups is 1. The van der Waals surface area contributed by atoms with Gasteiger partial charge in [0, 0.05) is 18.7 Å². The van der Waals surface area contributed by atoms with Crippen molar-refractivity contribution in [2.45, 2.75) is 6.92 Å². The molecule has 0 saturated carbocycles. The minimum atomic E-state index is -0.746. The van der Waals surface area contributed by atoms with Crippen molar-refractivity contribution in [3.8, 4) is 11.8 Å². The van der Waals surface area contributed by atoms with Gasteiger partial charge >= 0.3 is 6.09 Å². The van der Waals surface area contributed by atoms with E-state index in [1.807, 2.05) is 0 Å². The van der Waals surface area contributed by atoms with Crippen molar-refractivity contribution in [2.24, 2.45) is 0 Å². The minimum absolute atomic E-state index is 0.344. The zero-order valence-electron chi connectivity index (χ0n) is 7.02. The average molecular weight is 186 g/mol. The number of nitrogens with zero attached hydrogens (tertiary/aromatic N) is 1. The summed E-state index contributed by atoms with van der Waals surface area (Å²) in [5.41, 5.74) is 0. The summed E-state index contributed by atoms with van der Waals surface area (Å²) in [6.07, 6.45) is -0.746. The molecule has 0 unspecified atom stereocenters. The van der Waals surface area contributed by atoms with Gasteiger partial charge in [0.15, 0.2) is 0 Å². The predicted octanol–water partition coefficient (Wildman–Crippen LogP) is 0.0574.